The molecule has 0 spiro atoms. The lowest BCUT2D eigenvalue weighted by molar-refractivity contribution is 0.274. The first-order chi connectivity index (χ1) is 11.8. The molecule has 10 heteroatoms. The second-order valence-corrected chi connectivity index (χ2v) is 8.77. The molecule has 0 saturated carbocycles. The van der Waals surface area contributed by atoms with Crippen LogP contribution in [-0.4, -0.2) is 56.8 Å². The molecule has 150 valence electrons. The normalized spacial score (nSPS) is 17.2. The molecular weight excluding hydrogens is 469 g/mol. The predicted molar refractivity (Wildman–Crippen MR) is 113 cm³/mol. The van der Waals surface area contributed by atoms with Gasteiger partial charge < -0.3 is 15.2 Å². The quantitative estimate of drug-likeness (QED) is 0.352. The van der Waals surface area contributed by atoms with Gasteiger partial charge in [-0.1, -0.05) is 19.0 Å². The van der Waals surface area contributed by atoms with E-state index in [-0.39, 0.29) is 24.0 Å². The van der Waals surface area contributed by atoms with Gasteiger partial charge in [-0.3, -0.25) is 4.99 Å². The van der Waals surface area contributed by atoms with Gasteiger partial charge in [-0.2, -0.15) is 0 Å². The molecule has 8 nitrogen and oxygen atoms in total. The minimum absolute atomic E-state index is 0. The molecule has 0 unspecified atom stereocenters. The fraction of sp³-hybridized carbons (Fsp3) is 0.750. The Morgan fingerprint density at radius 2 is 2.04 bits per heavy atom. The Bertz CT molecular complexity index is 682. The molecule has 1 saturated heterocycles. The first-order valence-corrected chi connectivity index (χ1v) is 10.5. The van der Waals surface area contributed by atoms with Crippen molar-refractivity contribution in [2.45, 2.75) is 39.2 Å². The number of piperidine rings is 1. The number of rotatable bonds is 6. The third-order valence-corrected chi connectivity index (χ3v) is 5.73. The van der Waals surface area contributed by atoms with Crippen molar-refractivity contribution in [2.75, 3.05) is 32.9 Å². The zero-order chi connectivity index (χ0) is 18.4. The summed E-state index contributed by atoms with van der Waals surface area (Å²) in [4.78, 5) is 4.21. The highest BCUT2D eigenvalue weighted by atomic mass is 127. The van der Waals surface area contributed by atoms with E-state index in [1.54, 1.807) is 11.4 Å². The number of nitrogens with zero attached hydrogens (tertiary/aromatic N) is 3. The van der Waals surface area contributed by atoms with Crippen molar-refractivity contribution in [1.29, 1.82) is 0 Å². The first kappa shape index (κ1) is 23.2. The molecule has 1 aromatic heterocycles. The summed E-state index contributed by atoms with van der Waals surface area (Å²) >= 11 is 0. The highest BCUT2D eigenvalue weighted by molar-refractivity contribution is 14.0. The number of nitrogens with one attached hydrogen (secondary N) is 2. The van der Waals surface area contributed by atoms with Gasteiger partial charge in [0.1, 0.15) is 0 Å². The van der Waals surface area contributed by atoms with Crippen molar-refractivity contribution in [3.63, 3.8) is 0 Å². The molecule has 0 aromatic carbocycles. The van der Waals surface area contributed by atoms with E-state index in [9.17, 15) is 8.42 Å². The van der Waals surface area contributed by atoms with Crippen LogP contribution in [-0.2, 0) is 16.6 Å². The van der Waals surface area contributed by atoms with Gasteiger partial charge in [0.25, 0.3) is 0 Å². The standard InChI is InChI=1S/C16H29N5O3S.HI/c1-12(2)15-9-14(24-20-15)11-19-16(17-3)18-10-13-5-7-21(8-6-13)25(4,22)23;/h9,12-13H,5-8,10-11H2,1-4H3,(H2,17,18,19);1H. The van der Waals surface area contributed by atoms with Gasteiger partial charge in [0.15, 0.2) is 11.7 Å². The zero-order valence-corrected chi connectivity index (χ0v) is 19.0. The lowest BCUT2D eigenvalue weighted by Crippen LogP contribution is -2.43. The van der Waals surface area contributed by atoms with Crippen molar-refractivity contribution >= 4 is 40.0 Å². The Balaban J connectivity index is 0.00000338. The number of hydrogen-bond acceptors (Lipinski definition) is 5. The number of sulfonamides is 1. The maximum atomic E-state index is 11.5. The summed E-state index contributed by atoms with van der Waals surface area (Å²) in [6.45, 7) is 6.62. The van der Waals surface area contributed by atoms with Gasteiger partial charge in [-0.15, -0.1) is 24.0 Å². The molecule has 1 aromatic rings. The highest BCUT2D eigenvalue weighted by Crippen LogP contribution is 2.18. The fourth-order valence-electron chi connectivity index (χ4n) is 2.76. The third kappa shape index (κ3) is 7.03. The smallest absolute Gasteiger partial charge is 0.211 e. The van der Waals surface area contributed by atoms with Gasteiger partial charge in [0, 0.05) is 32.7 Å². The monoisotopic (exact) mass is 499 g/mol. The molecule has 0 radical (unpaired) electrons. The summed E-state index contributed by atoms with van der Waals surface area (Å²) in [6, 6.07) is 1.95. The van der Waals surface area contributed by atoms with Crippen molar-refractivity contribution < 1.29 is 12.9 Å². The number of halogens is 1. The van der Waals surface area contributed by atoms with E-state index in [0.717, 1.165) is 30.8 Å². The maximum Gasteiger partial charge on any atom is 0.211 e. The van der Waals surface area contributed by atoms with Crippen LogP contribution < -0.4 is 10.6 Å². The minimum atomic E-state index is -3.07. The van der Waals surface area contributed by atoms with E-state index in [2.05, 4.69) is 34.6 Å². The second kappa shape index (κ2) is 10.5. The number of aliphatic imine (C=N–C) groups is 1. The Morgan fingerprint density at radius 1 is 1.38 bits per heavy atom. The molecule has 0 aliphatic carbocycles. The van der Waals surface area contributed by atoms with Crippen molar-refractivity contribution in [1.82, 2.24) is 20.1 Å². The van der Waals surface area contributed by atoms with Crippen LogP contribution in [0.5, 0.6) is 0 Å². The van der Waals surface area contributed by atoms with E-state index < -0.39 is 10.0 Å². The maximum absolute atomic E-state index is 11.5. The van der Waals surface area contributed by atoms with Gasteiger partial charge in [0.2, 0.25) is 10.0 Å². The average Bonchev–Trinajstić information content (AvgIpc) is 3.04. The fourth-order valence-corrected chi connectivity index (χ4v) is 3.64. The largest absolute Gasteiger partial charge is 0.359 e. The molecule has 2 rings (SSSR count). The third-order valence-electron chi connectivity index (χ3n) is 4.42. The summed E-state index contributed by atoms with van der Waals surface area (Å²) < 4.78 is 29.9. The van der Waals surface area contributed by atoms with Crippen molar-refractivity contribution in [3.05, 3.63) is 17.5 Å². The average molecular weight is 499 g/mol. The highest BCUT2D eigenvalue weighted by Gasteiger charge is 2.24. The number of aromatic nitrogens is 1. The van der Waals surface area contributed by atoms with Crippen LogP contribution >= 0.6 is 24.0 Å². The Kier molecular flexibility index (Phi) is 9.31. The van der Waals surface area contributed by atoms with Crippen LogP contribution in [0.1, 0.15) is 44.1 Å². The molecule has 2 heterocycles. The zero-order valence-electron chi connectivity index (χ0n) is 15.9. The van der Waals surface area contributed by atoms with E-state index in [1.165, 1.54) is 6.26 Å². The van der Waals surface area contributed by atoms with E-state index in [4.69, 9.17) is 4.52 Å². The predicted octanol–water partition coefficient (Wildman–Crippen LogP) is 1.75. The van der Waals surface area contributed by atoms with Gasteiger partial charge >= 0.3 is 0 Å². The van der Waals surface area contributed by atoms with Crippen LogP contribution in [0.3, 0.4) is 0 Å². The van der Waals surface area contributed by atoms with Crippen LogP contribution in [0.2, 0.25) is 0 Å². The van der Waals surface area contributed by atoms with Gasteiger partial charge in [0.05, 0.1) is 18.5 Å². The number of hydrogen-bond donors (Lipinski definition) is 2. The van der Waals surface area contributed by atoms with E-state index >= 15 is 0 Å². The second-order valence-electron chi connectivity index (χ2n) is 6.78. The molecule has 2 N–H and O–H groups in total. The summed E-state index contributed by atoms with van der Waals surface area (Å²) in [5, 5.41) is 10.5. The van der Waals surface area contributed by atoms with Gasteiger partial charge in [-0.25, -0.2) is 12.7 Å². The Morgan fingerprint density at radius 3 is 2.54 bits per heavy atom. The molecule has 26 heavy (non-hydrogen) atoms. The lowest BCUT2D eigenvalue weighted by Gasteiger charge is -2.30. The van der Waals surface area contributed by atoms with E-state index in [1.807, 2.05) is 6.07 Å². The van der Waals surface area contributed by atoms with Crippen LogP contribution in [0, 0.1) is 5.92 Å². The minimum Gasteiger partial charge on any atom is -0.359 e. The van der Waals surface area contributed by atoms with Crippen LogP contribution in [0.4, 0.5) is 0 Å². The summed E-state index contributed by atoms with van der Waals surface area (Å²) in [5.74, 6) is 2.25. The van der Waals surface area contributed by atoms with E-state index in [0.29, 0.717) is 37.4 Å². The van der Waals surface area contributed by atoms with Crippen LogP contribution in [0.25, 0.3) is 0 Å². The molecule has 0 amide bonds. The molecule has 0 atom stereocenters. The molecule has 1 aliphatic rings. The van der Waals surface area contributed by atoms with Crippen molar-refractivity contribution in [2.24, 2.45) is 10.9 Å². The molecule has 0 bridgehead atoms. The summed E-state index contributed by atoms with van der Waals surface area (Å²) in [5.41, 5.74) is 0.942. The summed E-state index contributed by atoms with van der Waals surface area (Å²) in [6.07, 6.45) is 2.99. The Hall–Kier alpha value is -0.880. The number of guanidine groups is 1. The first-order valence-electron chi connectivity index (χ1n) is 8.64. The lowest BCUT2D eigenvalue weighted by atomic mass is 9.98. The molecule has 1 aliphatic heterocycles. The summed E-state index contributed by atoms with van der Waals surface area (Å²) in [7, 11) is -1.34. The van der Waals surface area contributed by atoms with Gasteiger partial charge in [-0.05, 0) is 24.7 Å². The SMILES string of the molecule is CN=C(NCc1cc(C(C)C)no1)NCC1CCN(S(C)(=O)=O)CC1.I. The Labute approximate surface area is 173 Å². The van der Waals surface area contributed by atoms with Crippen LogP contribution in [0.15, 0.2) is 15.6 Å². The molecule has 1 fully saturated rings. The topological polar surface area (TPSA) is 99.8 Å². The van der Waals surface area contributed by atoms with Crippen molar-refractivity contribution in [3.8, 4) is 0 Å². The molecular formula is C16H30IN5O3S.